The monoisotopic (exact) mass is 211 g/mol. The van der Waals surface area contributed by atoms with Crippen LogP contribution in [0.15, 0.2) is 0 Å². The van der Waals surface area contributed by atoms with Gasteiger partial charge in [0.2, 0.25) is 0 Å². The summed E-state index contributed by atoms with van der Waals surface area (Å²) in [5, 5.41) is 0. The van der Waals surface area contributed by atoms with Crippen molar-refractivity contribution in [2.75, 3.05) is 0 Å². The van der Waals surface area contributed by atoms with Gasteiger partial charge in [0.1, 0.15) is 0 Å². The molecule has 1 rings (SSSR count). The summed E-state index contributed by atoms with van der Waals surface area (Å²) in [6.07, 6.45) is 12.4. The van der Waals surface area contributed by atoms with E-state index in [9.17, 15) is 0 Å². The predicted molar refractivity (Wildman–Crippen MR) is 67.9 cm³/mol. The summed E-state index contributed by atoms with van der Waals surface area (Å²) in [5.74, 6) is 1.62. The minimum absolute atomic E-state index is 0.488. The van der Waals surface area contributed by atoms with Gasteiger partial charge in [-0.2, -0.15) is 0 Å². The van der Waals surface area contributed by atoms with Crippen molar-refractivity contribution in [2.24, 2.45) is 17.6 Å². The van der Waals surface area contributed by atoms with Crippen molar-refractivity contribution < 1.29 is 0 Å². The molecule has 0 aromatic carbocycles. The van der Waals surface area contributed by atoms with E-state index in [0.29, 0.717) is 6.04 Å². The van der Waals surface area contributed by atoms with Crippen LogP contribution in [-0.2, 0) is 0 Å². The van der Waals surface area contributed by atoms with Crippen LogP contribution in [0.2, 0.25) is 0 Å². The first-order chi connectivity index (χ1) is 7.29. The summed E-state index contributed by atoms with van der Waals surface area (Å²) >= 11 is 0. The molecule has 0 heterocycles. The van der Waals surface area contributed by atoms with E-state index in [1.54, 1.807) is 0 Å². The van der Waals surface area contributed by atoms with Crippen molar-refractivity contribution in [2.45, 2.75) is 77.7 Å². The van der Waals surface area contributed by atoms with E-state index < -0.39 is 0 Å². The lowest BCUT2D eigenvalue weighted by molar-refractivity contribution is 0.228. The molecule has 1 aliphatic carbocycles. The third kappa shape index (κ3) is 4.14. The molecule has 2 unspecified atom stereocenters. The van der Waals surface area contributed by atoms with Crippen molar-refractivity contribution >= 4 is 0 Å². The fraction of sp³-hybridized carbons (Fsp3) is 1.00. The SMILES string of the molecule is CCCCC(CC)C(N)C1CCCCC1. The van der Waals surface area contributed by atoms with E-state index in [-0.39, 0.29) is 0 Å². The zero-order valence-corrected chi connectivity index (χ0v) is 10.7. The highest BCUT2D eigenvalue weighted by molar-refractivity contribution is 4.81. The fourth-order valence-corrected chi connectivity index (χ4v) is 3.04. The molecule has 0 saturated heterocycles. The Hall–Kier alpha value is -0.0400. The maximum Gasteiger partial charge on any atom is 0.00955 e. The second kappa shape index (κ2) is 7.27. The minimum Gasteiger partial charge on any atom is -0.327 e. The van der Waals surface area contributed by atoms with Crippen molar-refractivity contribution in [3.8, 4) is 0 Å². The van der Waals surface area contributed by atoms with Gasteiger partial charge in [0.05, 0.1) is 0 Å². The molecule has 0 aliphatic heterocycles. The summed E-state index contributed by atoms with van der Waals surface area (Å²) < 4.78 is 0. The number of rotatable bonds is 6. The average Bonchev–Trinajstić information content (AvgIpc) is 2.31. The molecule has 15 heavy (non-hydrogen) atoms. The predicted octanol–water partition coefficient (Wildman–Crippen LogP) is 4.11. The van der Waals surface area contributed by atoms with Crippen LogP contribution < -0.4 is 5.73 Å². The summed E-state index contributed by atoms with van der Waals surface area (Å²) in [4.78, 5) is 0. The Morgan fingerprint density at radius 3 is 2.33 bits per heavy atom. The molecule has 1 heteroatoms. The highest BCUT2D eigenvalue weighted by atomic mass is 14.7. The quantitative estimate of drug-likeness (QED) is 0.703. The largest absolute Gasteiger partial charge is 0.327 e. The maximum absolute atomic E-state index is 6.44. The number of nitrogens with two attached hydrogens (primary N) is 1. The van der Waals surface area contributed by atoms with Gasteiger partial charge in [0, 0.05) is 6.04 Å². The van der Waals surface area contributed by atoms with E-state index in [0.717, 1.165) is 11.8 Å². The molecule has 0 aromatic rings. The van der Waals surface area contributed by atoms with Crippen LogP contribution in [0, 0.1) is 11.8 Å². The highest BCUT2D eigenvalue weighted by Gasteiger charge is 2.25. The minimum atomic E-state index is 0.488. The normalized spacial score (nSPS) is 22.6. The first-order valence-electron chi connectivity index (χ1n) is 7.05. The molecule has 2 N–H and O–H groups in total. The molecule has 0 aromatic heterocycles. The Morgan fingerprint density at radius 2 is 1.80 bits per heavy atom. The summed E-state index contributed by atoms with van der Waals surface area (Å²) in [7, 11) is 0. The van der Waals surface area contributed by atoms with Crippen LogP contribution in [0.5, 0.6) is 0 Å². The molecule has 1 fully saturated rings. The number of hydrogen-bond donors (Lipinski definition) is 1. The van der Waals surface area contributed by atoms with Gasteiger partial charge >= 0.3 is 0 Å². The fourth-order valence-electron chi connectivity index (χ4n) is 3.04. The Morgan fingerprint density at radius 1 is 1.13 bits per heavy atom. The highest BCUT2D eigenvalue weighted by Crippen LogP contribution is 2.31. The second-order valence-electron chi connectivity index (χ2n) is 5.29. The standard InChI is InChI=1S/C14H29N/c1-3-5-9-12(4-2)14(15)13-10-7-6-8-11-13/h12-14H,3-11,15H2,1-2H3. The van der Waals surface area contributed by atoms with Crippen LogP contribution in [-0.4, -0.2) is 6.04 Å². The van der Waals surface area contributed by atoms with Crippen LogP contribution >= 0.6 is 0 Å². The van der Waals surface area contributed by atoms with Gasteiger partial charge in [0.15, 0.2) is 0 Å². The average molecular weight is 211 g/mol. The Balaban J connectivity index is 2.36. The Labute approximate surface area is 95.8 Å². The van der Waals surface area contributed by atoms with Gasteiger partial charge in [-0.15, -0.1) is 0 Å². The number of hydrogen-bond acceptors (Lipinski definition) is 1. The lowest BCUT2D eigenvalue weighted by Gasteiger charge is -2.33. The Bertz CT molecular complexity index is 149. The van der Waals surface area contributed by atoms with Gasteiger partial charge in [0.25, 0.3) is 0 Å². The van der Waals surface area contributed by atoms with E-state index in [1.807, 2.05) is 0 Å². The topological polar surface area (TPSA) is 26.0 Å². The molecular weight excluding hydrogens is 182 g/mol. The molecule has 90 valence electrons. The molecule has 0 bridgehead atoms. The van der Waals surface area contributed by atoms with E-state index >= 15 is 0 Å². The van der Waals surface area contributed by atoms with E-state index in [4.69, 9.17) is 5.73 Å². The smallest absolute Gasteiger partial charge is 0.00955 e. The molecule has 1 aliphatic rings. The zero-order chi connectivity index (χ0) is 11.1. The van der Waals surface area contributed by atoms with Gasteiger partial charge in [-0.1, -0.05) is 52.4 Å². The van der Waals surface area contributed by atoms with Gasteiger partial charge in [-0.25, -0.2) is 0 Å². The molecule has 1 saturated carbocycles. The van der Waals surface area contributed by atoms with Crippen molar-refractivity contribution in [1.29, 1.82) is 0 Å². The molecule has 0 spiro atoms. The lowest BCUT2D eigenvalue weighted by Crippen LogP contribution is -2.38. The maximum atomic E-state index is 6.44. The van der Waals surface area contributed by atoms with Crippen LogP contribution in [0.25, 0.3) is 0 Å². The Kier molecular flexibility index (Phi) is 6.31. The van der Waals surface area contributed by atoms with Gasteiger partial charge < -0.3 is 5.73 Å². The van der Waals surface area contributed by atoms with Gasteiger partial charge in [-0.05, 0) is 31.1 Å². The third-order valence-corrected chi connectivity index (χ3v) is 4.19. The molecule has 0 radical (unpaired) electrons. The molecule has 1 nitrogen and oxygen atoms in total. The van der Waals surface area contributed by atoms with E-state index in [1.165, 1.54) is 57.8 Å². The summed E-state index contributed by atoms with van der Waals surface area (Å²) in [5.41, 5.74) is 6.44. The molecular formula is C14H29N. The van der Waals surface area contributed by atoms with Crippen LogP contribution in [0.3, 0.4) is 0 Å². The van der Waals surface area contributed by atoms with Crippen molar-refractivity contribution in [1.82, 2.24) is 0 Å². The third-order valence-electron chi connectivity index (χ3n) is 4.19. The van der Waals surface area contributed by atoms with Crippen molar-refractivity contribution in [3.05, 3.63) is 0 Å². The molecule has 2 atom stereocenters. The van der Waals surface area contributed by atoms with Crippen LogP contribution in [0.1, 0.15) is 71.6 Å². The first kappa shape index (κ1) is 13.0. The van der Waals surface area contributed by atoms with E-state index in [2.05, 4.69) is 13.8 Å². The van der Waals surface area contributed by atoms with Gasteiger partial charge in [-0.3, -0.25) is 0 Å². The zero-order valence-electron chi connectivity index (χ0n) is 10.7. The second-order valence-corrected chi connectivity index (χ2v) is 5.29. The number of unbranched alkanes of at least 4 members (excludes halogenated alkanes) is 1. The lowest BCUT2D eigenvalue weighted by atomic mass is 9.77. The summed E-state index contributed by atoms with van der Waals surface area (Å²) in [6.45, 7) is 4.59. The summed E-state index contributed by atoms with van der Waals surface area (Å²) in [6, 6.07) is 0.488. The van der Waals surface area contributed by atoms with Crippen LogP contribution in [0.4, 0.5) is 0 Å². The van der Waals surface area contributed by atoms with Crippen molar-refractivity contribution in [3.63, 3.8) is 0 Å². The molecule has 0 amide bonds. The first-order valence-corrected chi connectivity index (χ1v) is 7.05.